The quantitative estimate of drug-likeness (QED) is 0.836. The lowest BCUT2D eigenvalue weighted by molar-refractivity contribution is 0.414. The maximum absolute atomic E-state index is 12.1. The third-order valence-corrected chi connectivity index (χ3v) is 4.33. The highest BCUT2D eigenvalue weighted by molar-refractivity contribution is 7.89. The molecule has 2 rings (SSSR count). The number of nitrogens with two attached hydrogens (primary N) is 1. The Morgan fingerprint density at radius 1 is 1.29 bits per heavy atom. The third kappa shape index (κ3) is 3.93. The van der Waals surface area contributed by atoms with Gasteiger partial charge in [0.1, 0.15) is 5.75 Å². The highest BCUT2D eigenvalue weighted by Crippen LogP contribution is 2.15. The first-order chi connectivity index (χ1) is 10.0. The molecule has 0 spiro atoms. The van der Waals surface area contributed by atoms with Gasteiger partial charge in [-0.05, 0) is 36.2 Å². The van der Waals surface area contributed by atoms with Crippen LogP contribution >= 0.6 is 0 Å². The molecule has 3 N–H and O–H groups in total. The molecule has 0 saturated carbocycles. The van der Waals surface area contributed by atoms with Crippen molar-refractivity contribution in [2.75, 3.05) is 19.4 Å². The van der Waals surface area contributed by atoms with Crippen molar-refractivity contribution in [1.82, 2.24) is 9.71 Å². The Morgan fingerprint density at radius 2 is 2.10 bits per heavy atom. The molecule has 0 aliphatic carbocycles. The molecule has 1 heterocycles. The molecule has 0 atom stereocenters. The molecule has 0 aliphatic heterocycles. The molecule has 0 aliphatic rings. The fraction of sp³-hybridized carbons (Fsp3) is 0.214. The minimum absolute atomic E-state index is 0.131. The van der Waals surface area contributed by atoms with Crippen LogP contribution in [0.5, 0.6) is 5.75 Å². The highest BCUT2D eigenvalue weighted by Gasteiger charge is 2.17. The minimum atomic E-state index is -3.69. The van der Waals surface area contributed by atoms with Crippen molar-refractivity contribution in [1.29, 1.82) is 0 Å². The van der Waals surface area contributed by atoms with Gasteiger partial charge in [0.2, 0.25) is 0 Å². The lowest BCUT2D eigenvalue weighted by Gasteiger charge is -2.08. The van der Waals surface area contributed by atoms with E-state index in [4.69, 9.17) is 10.5 Å². The Balaban J connectivity index is 2.01. The van der Waals surface area contributed by atoms with Gasteiger partial charge in [-0.1, -0.05) is 12.1 Å². The van der Waals surface area contributed by atoms with Gasteiger partial charge in [0, 0.05) is 12.7 Å². The lowest BCUT2D eigenvalue weighted by Crippen LogP contribution is -2.27. The SMILES string of the molecule is COc1cccc(CCNS(=O)(=O)c2ncccc2N)c1. The Bertz CT molecular complexity index is 717. The van der Waals surface area contributed by atoms with E-state index in [1.165, 1.54) is 12.3 Å². The summed E-state index contributed by atoms with van der Waals surface area (Å²) in [6.07, 6.45) is 1.94. The summed E-state index contributed by atoms with van der Waals surface area (Å²) in [4.78, 5) is 3.81. The van der Waals surface area contributed by atoms with E-state index >= 15 is 0 Å². The molecule has 0 fully saturated rings. The third-order valence-electron chi connectivity index (χ3n) is 2.90. The monoisotopic (exact) mass is 307 g/mol. The van der Waals surface area contributed by atoms with E-state index in [-0.39, 0.29) is 17.3 Å². The molecule has 7 heteroatoms. The number of methoxy groups -OCH3 is 1. The van der Waals surface area contributed by atoms with Crippen LogP contribution in [-0.4, -0.2) is 27.1 Å². The number of sulfonamides is 1. The summed E-state index contributed by atoms with van der Waals surface area (Å²) < 4.78 is 31.8. The number of anilines is 1. The van der Waals surface area contributed by atoms with Gasteiger partial charge in [0.05, 0.1) is 12.8 Å². The van der Waals surface area contributed by atoms with Crippen LogP contribution < -0.4 is 15.2 Å². The van der Waals surface area contributed by atoms with Crippen LogP contribution in [-0.2, 0) is 16.4 Å². The predicted octanol–water partition coefficient (Wildman–Crippen LogP) is 1.19. The molecular weight excluding hydrogens is 290 g/mol. The standard InChI is InChI=1S/C14H17N3O3S/c1-20-12-5-2-4-11(10-12)7-9-17-21(18,19)14-13(15)6-3-8-16-14/h2-6,8,10,17H,7,9,15H2,1H3. The molecule has 1 aromatic carbocycles. The molecule has 6 nitrogen and oxygen atoms in total. The van der Waals surface area contributed by atoms with Gasteiger partial charge >= 0.3 is 0 Å². The molecular formula is C14H17N3O3S. The second-order valence-electron chi connectivity index (χ2n) is 4.40. The molecule has 0 radical (unpaired) electrons. The van der Waals surface area contributed by atoms with E-state index in [1.54, 1.807) is 13.2 Å². The van der Waals surface area contributed by atoms with E-state index in [1.807, 2.05) is 24.3 Å². The van der Waals surface area contributed by atoms with Crippen LogP contribution in [0.25, 0.3) is 0 Å². The topological polar surface area (TPSA) is 94.3 Å². The van der Waals surface area contributed by atoms with Crippen LogP contribution in [0.3, 0.4) is 0 Å². The first-order valence-electron chi connectivity index (χ1n) is 6.36. The van der Waals surface area contributed by atoms with Gasteiger partial charge in [0.15, 0.2) is 5.03 Å². The molecule has 112 valence electrons. The smallest absolute Gasteiger partial charge is 0.260 e. The Kier molecular flexibility index (Phi) is 4.77. The largest absolute Gasteiger partial charge is 0.497 e. The number of hydrogen-bond acceptors (Lipinski definition) is 5. The number of ether oxygens (including phenoxy) is 1. The average molecular weight is 307 g/mol. The van der Waals surface area contributed by atoms with Gasteiger partial charge in [-0.2, -0.15) is 0 Å². The summed E-state index contributed by atoms with van der Waals surface area (Å²) >= 11 is 0. The van der Waals surface area contributed by atoms with Crippen LogP contribution in [0.2, 0.25) is 0 Å². The van der Waals surface area contributed by atoms with Crippen molar-refractivity contribution in [2.24, 2.45) is 0 Å². The number of rotatable bonds is 6. The van der Waals surface area contributed by atoms with Crippen molar-refractivity contribution in [3.63, 3.8) is 0 Å². The van der Waals surface area contributed by atoms with Crippen molar-refractivity contribution in [2.45, 2.75) is 11.4 Å². The minimum Gasteiger partial charge on any atom is -0.497 e. The van der Waals surface area contributed by atoms with Gasteiger partial charge in [-0.3, -0.25) is 0 Å². The summed E-state index contributed by atoms with van der Waals surface area (Å²) in [7, 11) is -2.11. The number of pyridine rings is 1. The second-order valence-corrected chi connectivity index (χ2v) is 6.08. The van der Waals surface area contributed by atoms with E-state index in [2.05, 4.69) is 9.71 Å². The second kappa shape index (κ2) is 6.55. The summed E-state index contributed by atoms with van der Waals surface area (Å²) in [6.45, 7) is 0.255. The zero-order valence-corrected chi connectivity index (χ0v) is 12.4. The Hall–Kier alpha value is -2.12. The van der Waals surface area contributed by atoms with Crippen LogP contribution in [0.15, 0.2) is 47.6 Å². The maximum atomic E-state index is 12.1. The van der Waals surface area contributed by atoms with Crippen molar-refractivity contribution >= 4 is 15.7 Å². The number of nitrogen functional groups attached to an aromatic ring is 1. The molecule has 21 heavy (non-hydrogen) atoms. The van der Waals surface area contributed by atoms with Crippen LogP contribution in [0.1, 0.15) is 5.56 Å². The number of nitrogens with zero attached hydrogens (tertiary/aromatic N) is 1. The van der Waals surface area contributed by atoms with Gasteiger partial charge in [-0.15, -0.1) is 0 Å². The normalized spacial score (nSPS) is 11.3. The number of nitrogens with one attached hydrogen (secondary N) is 1. The van der Waals surface area contributed by atoms with Gasteiger partial charge < -0.3 is 10.5 Å². The molecule has 0 amide bonds. The first-order valence-corrected chi connectivity index (χ1v) is 7.84. The van der Waals surface area contributed by atoms with E-state index in [0.29, 0.717) is 6.42 Å². The molecule has 1 aromatic heterocycles. The van der Waals surface area contributed by atoms with Gasteiger partial charge in [-0.25, -0.2) is 18.1 Å². The zero-order valence-electron chi connectivity index (χ0n) is 11.6. The maximum Gasteiger partial charge on any atom is 0.260 e. The average Bonchev–Trinajstić information content (AvgIpc) is 2.47. The Labute approximate surface area is 124 Å². The molecule has 0 bridgehead atoms. The van der Waals surface area contributed by atoms with Crippen molar-refractivity contribution < 1.29 is 13.2 Å². The van der Waals surface area contributed by atoms with Crippen LogP contribution in [0.4, 0.5) is 5.69 Å². The van der Waals surface area contributed by atoms with Gasteiger partial charge in [0.25, 0.3) is 10.0 Å². The summed E-state index contributed by atoms with van der Waals surface area (Å²) in [5.41, 5.74) is 6.74. The fourth-order valence-electron chi connectivity index (χ4n) is 1.85. The molecule has 0 saturated heterocycles. The number of benzene rings is 1. The van der Waals surface area contributed by atoms with Crippen LogP contribution in [0, 0.1) is 0 Å². The zero-order chi connectivity index (χ0) is 15.3. The number of hydrogen-bond donors (Lipinski definition) is 2. The van der Waals surface area contributed by atoms with Crippen molar-refractivity contribution in [3.8, 4) is 5.75 Å². The molecule has 0 unspecified atom stereocenters. The van der Waals surface area contributed by atoms with E-state index in [9.17, 15) is 8.42 Å². The van der Waals surface area contributed by atoms with E-state index < -0.39 is 10.0 Å². The van der Waals surface area contributed by atoms with E-state index in [0.717, 1.165) is 11.3 Å². The number of aromatic nitrogens is 1. The fourth-order valence-corrected chi connectivity index (χ4v) is 2.94. The summed E-state index contributed by atoms with van der Waals surface area (Å²) in [5, 5.41) is -0.143. The van der Waals surface area contributed by atoms with Crippen molar-refractivity contribution in [3.05, 3.63) is 48.2 Å². The predicted molar refractivity (Wildman–Crippen MR) is 80.5 cm³/mol. The first kappa shape index (κ1) is 15.3. The highest BCUT2D eigenvalue weighted by atomic mass is 32.2. The summed E-state index contributed by atoms with van der Waals surface area (Å²) in [6, 6.07) is 10.6. The Morgan fingerprint density at radius 3 is 2.81 bits per heavy atom. The summed E-state index contributed by atoms with van der Waals surface area (Å²) in [5.74, 6) is 0.740. The lowest BCUT2D eigenvalue weighted by atomic mass is 10.1. The molecule has 2 aromatic rings.